The van der Waals surface area contributed by atoms with Crippen LogP contribution in [0.5, 0.6) is 0 Å². The van der Waals surface area contributed by atoms with Crippen LogP contribution in [-0.4, -0.2) is 5.11 Å². The molecule has 0 amide bonds. The van der Waals surface area contributed by atoms with Gasteiger partial charge >= 0.3 is 0 Å². The van der Waals surface area contributed by atoms with Gasteiger partial charge in [-0.05, 0) is 40.0 Å². The molecule has 1 nitrogen and oxygen atoms in total. The minimum atomic E-state index is -0.542. The minimum absolute atomic E-state index is 0.318. The van der Waals surface area contributed by atoms with Gasteiger partial charge in [-0.25, -0.2) is 4.39 Å². The Morgan fingerprint density at radius 3 is 2.73 bits per heavy atom. The van der Waals surface area contributed by atoms with Crippen LogP contribution in [0.4, 0.5) is 4.39 Å². The molecule has 0 aromatic heterocycles. The standard InChI is InChI=1S/C12H16BrFO/c1-2-3-4-5-12(15)9-6-7-10(13)11(14)8-9/h6-8,12,15H,2-5H2,1H3. The van der Waals surface area contributed by atoms with E-state index in [0.29, 0.717) is 16.5 Å². The lowest BCUT2D eigenvalue weighted by molar-refractivity contribution is 0.163. The molecule has 3 heteroatoms. The fourth-order valence-corrected chi connectivity index (χ4v) is 1.72. The summed E-state index contributed by atoms with van der Waals surface area (Å²) in [5.74, 6) is -0.318. The molecule has 0 fully saturated rings. The second-order valence-corrected chi connectivity index (χ2v) is 4.54. The molecule has 0 aliphatic rings. The maximum absolute atomic E-state index is 13.2. The fourth-order valence-electron chi connectivity index (χ4n) is 1.47. The molecule has 1 atom stereocenters. The Labute approximate surface area is 98.4 Å². The number of aliphatic hydroxyl groups excluding tert-OH is 1. The summed E-state index contributed by atoms with van der Waals surface area (Å²) in [5.41, 5.74) is 0.659. The van der Waals surface area contributed by atoms with Crippen LogP contribution in [0.2, 0.25) is 0 Å². The van der Waals surface area contributed by atoms with Crippen molar-refractivity contribution < 1.29 is 9.50 Å². The number of halogens is 2. The predicted octanol–water partition coefficient (Wildman–Crippen LogP) is 4.20. The van der Waals surface area contributed by atoms with Crippen LogP contribution in [0.25, 0.3) is 0 Å². The Bertz CT molecular complexity index is 314. The van der Waals surface area contributed by atoms with Crippen molar-refractivity contribution >= 4 is 15.9 Å². The van der Waals surface area contributed by atoms with Gasteiger partial charge < -0.3 is 5.11 Å². The smallest absolute Gasteiger partial charge is 0.137 e. The molecule has 0 saturated heterocycles. The average molecular weight is 275 g/mol. The topological polar surface area (TPSA) is 20.2 Å². The van der Waals surface area contributed by atoms with Gasteiger partial charge in [0.15, 0.2) is 0 Å². The molecule has 0 spiro atoms. The first kappa shape index (κ1) is 12.7. The van der Waals surface area contributed by atoms with Gasteiger partial charge in [0.2, 0.25) is 0 Å². The summed E-state index contributed by atoms with van der Waals surface area (Å²) in [5, 5.41) is 9.78. The van der Waals surface area contributed by atoms with E-state index in [1.165, 1.54) is 6.07 Å². The van der Waals surface area contributed by atoms with E-state index < -0.39 is 6.10 Å². The number of hydrogen-bond donors (Lipinski definition) is 1. The van der Waals surface area contributed by atoms with Crippen molar-refractivity contribution in [3.63, 3.8) is 0 Å². The molecule has 0 bridgehead atoms. The predicted molar refractivity (Wildman–Crippen MR) is 63.2 cm³/mol. The van der Waals surface area contributed by atoms with Crippen LogP contribution >= 0.6 is 15.9 Å². The maximum atomic E-state index is 13.2. The van der Waals surface area contributed by atoms with Crippen LogP contribution in [0.3, 0.4) is 0 Å². The van der Waals surface area contributed by atoms with Crippen molar-refractivity contribution in [1.29, 1.82) is 0 Å². The second kappa shape index (κ2) is 6.23. The lowest BCUT2D eigenvalue weighted by Crippen LogP contribution is -1.98. The molecule has 1 rings (SSSR count). The number of aliphatic hydroxyl groups is 1. The SMILES string of the molecule is CCCCCC(O)c1ccc(Br)c(F)c1. The quantitative estimate of drug-likeness (QED) is 0.798. The van der Waals surface area contributed by atoms with Crippen molar-refractivity contribution in [2.75, 3.05) is 0 Å². The van der Waals surface area contributed by atoms with E-state index in [0.717, 1.165) is 19.3 Å². The minimum Gasteiger partial charge on any atom is -0.388 e. The molecule has 1 unspecified atom stereocenters. The fraction of sp³-hybridized carbons (Fsp3) is 0.500. The zero-order valence-corrected chi connectivity index (χ0v) is 10.4. The number of unbranched alkanes of at least 4 members (excludes halogenated alkanes) is 2. The molecule has 0 aliphatic carbocycles. The Morgan fingerprint density at radius 1 is 1.40 bits per heavy atom. The zero-order valence-electron chi connectivity index (χ0n) is 8.84. The van der Waals surface area contributed by atoms with Gasteiger partial charge in [0, 0.05) is 0 Å². The summed E-state index contributed by atoms with van der Waals surface area (Å²) in [6.07, 6.45) is 3.38. The van der Waals surface area contributed by atoms with Crippen LogP contribution in [0, 0.1) is 5.82 Å². The lowest BCUT2D eigenvalue weighted by Gasteiger charge is -2.10. The van der Waals surface area contributed by atoms with E-state index in [1.807, 2.05) is 0 Å². The third kappa shape index (κ3) is 3.92. The molecule has 1 aromatic carbocycles. The largest absolute Gasteiger partial charge is 0.388 e. The second-order valence-electron chi connectivity index (χ2n) is 3.69. The maximum Gasteiger partial charge on any atom is 0.137 e. The summed E-state index contributed by atoms with van der Waals surface area (Å²) in [6.45, 7) is 2.12. The van der Waals surface area contributed by atoms with E-state index in [4.69, 9.17) is 0 Å². The monoisotopic (exact) mass is 274 g/mol. The van der Waals surface area contributed by atoms with E-state index in [9.17, 15) is 9.50 Å². The molecular weight excluding hydrogens is 259 g/mol. The lowest BCUT2D eigenvalue weighted by atomic mass is 10.0. The number of hydrogen-bond acceptors (Lipinski definition) is 1. The number of rotatable bonds is 5. The molecule has 1 aromatic rings. The van der Waals surface area contributed by atoms with Gasteiger partial charge in [0.25, 0.3) is 0 Å². The summed E-state index contributed by atoms with van der Waals surface area (Å²) in [4.78, 5) is 0. The molecule has 1 N–H and O–H groups in total. The van der Waals surface area contributed by atoms with Gasteiger partial charge in [-0.1, -0.05) is 32.3 Å². The highest BCUT2D eigenvalue weighted by atomic mass is 79.9. The Morgan fingerprint density at radius 2 is 2.13 bits per heavy atom. The summed E-state index contributed by atoms with van der Waals surface area (Å²) in [7, 11) is 0. The van der Waals surface area contributed by atoms with E-state index in [-0.39, 0.29) is 5.82 Å². The highest BCUT2D eigenvalue weighted by Gasteiger charge is 2.09. The number of benzene rings is 1. The normalized spacial score (nSPS) is 12.8. The van der Waals surface area contributed by atoms with Crippen molar-refractivity contribution in [3.05, 3.63) is 34.1 Å². The van der Waals surface area contributed by atoms with Crippen molar-refractivity contribution in [2.45, 2.75) is 38.7 Å². The molecule has 0 radical (unpaired) electrons. The van der Waals surface area contributed by atoms with E-state index >= 15 is 0 Å². The van der Waals surface area contributed by atoms with E-state index in [1.54, 1.807) is 12.1 Å². The molecular formula is C12H16BrFO. The summed E-state index contributed by atoms with van der Waals surface area (Å²) >= 11 is 3.09. The molecule has 0 saturated carbocycles. The van der Waals surface area contributed by atoms with Crippen LogP contribution < -0.4 is 0 Å². The van der Waals surface area contributed by atoms with Gasteiger partial charge in [0.1, 0.15) is 5.82 Å². The average Bonchev–Trinajstić information content (AvgIpc) is 2.22. The first-order valence-electron chi connectivity index (χ1n) is 5.28. The molecule has 15 heavy (non-hydrogen) atoms. The highest BCUT2D eigenvalue weighted by molar-refractivity contribution is 9.10. The third-order valence-electron chi connectivity index (χ3n) is 2.41. The van der Waals surface area contributed by atoms with Crippen LogP contribution in [0.15, 0.2) is 22.7 Å². The highest BCUT2D eigenvalue weighted by Crippen LogP contribution is 2.23. The summed E-state index contributed by atoms with van der Waals surface area (Å²) < 4.78 is 13.6. The van der Waals surface area contributed by atoms with Crippen molar-refractivity contribution in [2.24, 2.45) is 0 Å². The Kier molecular flexibility index (Phi) is 5.26. The molecule has 0 heterocycles. The third-order valence-corrected chi connectivity index (χ3v) is 3.05. The van der Waals surface area contributed by atoms with Crippen LogP contribution in [0.1, 0.15) is 44.3 Å². The Balaban J connectivity index is 2.57. The van der Waals surface area contributed by atoms with Crippen molar-refractivity contribution in [3.8, 4) is 0 Å². The van der Waals surface area contributed by atoms with Crippen molar-refractivity contribution in [1.82, 2.24) is 0 Å². The van der Waals surface area contributed by atoms with E-state index in [2.05, 4.69) is 22.9 Å². The molecule has 0 aliphatic heterocycles. The first-order valence-corrected chi connectivity index (χ1v) is 6.07. The van der Waals surface area contributed by atoms with Gasteiger partial charge in [0.05, 0.1) is 10.6 Å². The first-order chi connectivity index (χ1) is 7.15. The zero-order chi connectivity index (χ0) is 11.3. The van der Waals surface area contributed by atoms with Gasteiger partial charge in [-0.3, -0.25) is 0 Å². The van der Waals surface area contributed by atoms with Gasteiger partial charge in [-0.2, -0.15) is 0 Å². The van der Waals surface area contributed by atoms with Gasteiger partial charge in [-0.15, -0.1) is 0 Å². The molecule has 84 valence electrons. The summed E-state index contributed by atoms with van der Waals surface area (Å²) in [6, 6.07) is 4.78. The Hall–Kier alpha value is -0.410. The van der Waals surface area contributed by atoms with Crippen LogP contribution in [-0.2, 0) is 0 Å².